The van der Waals surface area contributed by atoms with E-state index in [1.165, 1.54) is 0 Å². The topological polar surface area (TPSA) is 48.9 Å². The van der Waals surface area contributed by atoms with Crippen molar-refractivity contribution in [1.29, 1.82) is 0 Å². The van der Waals surface area contributed by atoms with Crippen LogP contribution < -0.4 is 0 Å². The largest absolute Gasteiger partial charge is 0.396 e. The van der Waals surface area contributed by atoms with Crippen LogP contribution in [0.1, 0.15) is 32.5 Å². The maximum absolute atomic E-state index is 9.18. The summed E-state index contributed by atoms with van der Waals surface area (Å²) in [6.45, 7) is 4.42. The number of hydrogen-bond acceptors (Lipinski definition) is 2. The number of aromatic amines is 1. The number of aromatic nitrogens is 2. The Balaban J connectivity index is 1.95. The average Bonchev–Trinajstić information content (AvgIpc) is 2.71. The van der Waals surface area contributed by atoms with Gasteiger partial charge >= 0.3 is 0 Å². The lowest BCUT2D eigenvalue weighted by molar-refractivity contribution is 0.148. The quantitative estimate of drug-likeness (QED) is 0.832. The van der Waals surface area contributed by atoms with Crippen molar-refractivity contribution in [1.82, 2.24) is 9.97 Å². The van der Waals surface area contributed by atoms with Crippen molar-refractivity contribution in [3.63, 3.8) is 0 Å². The van der Waals surface area contributed by atoms with E-state index in [1.807, 2.05) is 24.3 Å². The zero-order valence-electron chi connectivity index (χ0n) is 10.5. The minimum absolute atomic E-state index is 0.0199. The van der Waals surface area contributed by atoms with Gasteiger partial charge in [0, 0.05) is 13.0 Å². The Hall–Kier alpha value is -1.35. The van der Waals surface area contributed by atoms with Gasteiger partial charge in [-0.1, -0.05) is 26.0 Å². The molecule has 2 aromatic rings. The van der Waals surface area contributed by atoms with Gasteiger partial charge in [-0.15, -0.1) is 0 Å². The van der Waals surface area contributed by atoms with E-state index in [9.17, 15) is 5.11 Å². The molecule has 0 aliphatic rings. The van der Waals surface area contributed by atoms with Gasteiger partial charge in [-0.05, 0) is 30.4 Å². The number of nitrogens with zero attached hydrogens (tertiary/aromatic N) is 1. The fraction of sp³-hybridized carbons (Fsp3) is 0.500. The molecular weight excluding hydrogens is 212 g/mol. The third kappa shape index (κ3) is 3.07. The smallest absolute Gasteiger partial charge is 0.107 e. The summed E-state index contributed by atoms with van der Waals surface area (Å²) in [5.41, 5.74) is 2.15. The molecular formula is C14H20N2O. The third-order valence-corrected chi connectivity index (χ3v) is 3.13. The number of nitrogens with one attached hydrogen (secondary N) is 1. The van der Waals surface area contributed by atoms with Crippen LogP contribution in [0, 0.1) is 5.41 Å². The molecule has 0 fully saturated rings. The number of rotatable bonds is 5. The fourth-order valence-electron chi connectivity index (χ4n) is 1.94. The highest BCUT2D eigenvalue weighted by Gasteiger charge is 2.15. The second kappa shape index (κ2) is 4.88. The van der Waals surface area contributed by atoms with Crippen LogP contribution in [0.4, 0.5) is 0 Å². The molecule has 0 unspecified atom stereocenters. The molecule has 2 N–H and O–H groups in total. The summed E-state index contributed by atoms with van der Waals surface area (Å²) in [6.07, 6.45) is 3.01. The Morgan fingerprint density at radius 1 is 1.29 bits per heavy atom. The zero-order valence-corrected chi connectivity index (χ0v) is 10.5. The molecule has 0 saturated heterocycles. The Kier molecular flexibility index (Phi) is 3.48. The normalized spacial score (nSPS) is 12.2. The summed E-state index contributed by atoms with van der Waals surface area (Å²) in [7, 11) is 0. The van der Waals surface area contributed by atoms with Crippen LogP contribution in [-0.4, -0.2) is 21.7 Å². The molecule has 1 aromatic heterocycles. The number of hydrogen-bond donors (Lipinski definition) is 2. The summed E-state index contributed by atoms with van der Waals surface area (Å²) in [6, 6.07) is 8.08. The van der Waals surface area contributed by atoms with Gasteiger partial charge in [-0.2, -0.15) is 0 Å². The van der Waals surface area contributed by atoms with Gasteiger partial charge in [0.25, 0.3) is 0 Å². The highest BCUT2D eigenvalue weighted by atomic mass is 16.3. The lowest BCUT2D eigenvalue weighted by Crippen LogP contribution is -2.16. The zero-order chi connectivity index (χ0) is 12.3. The molecule has 0 saturated carbocycles. The predicted octanol–water partition coefficient (Wildman–Crippen LogP) is 2.90. The molecule has 0 atom stereocenters. The Morgan fingerprint density at radius 2 is 2.06 bits per heavy atom. The Bertz CT molecular complexity index is 455. The van der Waals surface area contributed by atoms with E-state index in [-0.39, 0.29) is 12.0 Å². The molecule has 0 aliphatic carbocycles. The van der Waals surface area contributed by atoms with Crippen molar-refractivity contribution in [3.05, 3.63) is 30.1 Å². The van der Waals surface area contributed by atoms with Crippen LogP contribution in [0.5, 0.6) is 0 Å². The van der Waals surface area contributed by atoms with Crippen LogP contribution in [0.2, 0.25) is 0 Å². The van der Waals surface area contributed by atoms with Gasteiger partial charge in [-0.25, -0.2) is 4.98 Å². The first-order chi connectivity index (χ1) is 8.11. The second-order valence-electron chi connectivity index (χ2n) is 5.38. The lowest BCUT2D eigenvalue weighted by Gasteiger charge is -2.20. The first kappa shape index (κ1) is 12.1. The molecule has 0 aliphatic heterocycles. The van der Waals surface area contributed by atoms with Crippen LogP contribution in [0.15, 0.2) is 24.3 Å². The number of aliphatic hydroxyl groups is 1. The van der Waals surface area contributed by atoms with Gasteiger partial charge in [0.2, 0.25) is 0 Å². The van der Waals surface area contributed by atoms with Crippen molar-refractivity contribution in [2.24, 2.45) is 5.41 Å². The van der Waals surface area contributed by atoms with Crippen LogP contribution in [-0.2, 0) is 6.42 Å². The molecule has 0 spiro atoms. The van der Waals surface area contributed by atoms with Crippen molar-refractivity contribution in [3.8, 4) is 0 Å². The number of benzene rings is 1. The number of aliphatic hydroxyl groups excluding tert-OH is 1. The van der Waals surface area contributed by atoms with Gasteiger partial charge in [-0.3, -0.25) is 0 Å². The molecule has 3 heteroatoms. The molecule has 0 radical (unpaired) electrons. The minimum atomic E-state index is 0.0199. The molecule has 2 rings (SSSR count). The highest BCUT2D eigenvalue weighted by molar-refractivity contribution is 5.74. The van der Waals surface area contributed by atoms with Crippen LogP contribution >= 0.6 is 0 Å². The maximum Gasteiger partial charge on any atom is 0.107 e. The van der Waals surface area contributed by atoms with E-state index >= 15 is 0 Å². The van der Waals surface area contributed by atoms with Gasteiger partial charge in [0.05, 0.1) is 11.0 Å². The molecule has 1 aromatic carbocycles. The van der Waals surface area contributed by atoms with E-state index < -0.39 is 0 Å². The molecule has 17 heavy (non-hydrogen) atoms. The van der Waals surface area contributed by atoms with Gasteiger partial charge in [0.1, 0.15) is 5.82 Å². The van der Waals surface area contributed by atoms with Gasteiger partial charge in [0.15, 0.2) is 0 Å². The molecule has 0 bridgehead atoms. The van der Waals surface area contributed by atoms with E-state index in [0.717, 1.165) is 36.1 Å². The summed E-state index contributed by atoms with van der Waals surface area (Å²) in [5, 5.41) is 9.18. The minimum Gasteiger partial charge on any atom is -0.396 e. The fourth-order valence-corrected chi connectivity index (χ4v) is 1.94. The standard InChI is InChI=1S/C14H20N2O/c1-14(2,10-17)9-5-8-13-15-11-6-3-4-7-12(11)16-13/h3-4,6-7,17H,5,8-10H2,1-2H3,(H,15,16). The van der Waals surface area contributed by atoms with E-state index in [2.05, 4.69) is 23.8 Å². The average molecular weight is 232 g/mol. The van der Waals surface area contributed by atoms with E-state index in [4.69, 9.17) is 0 Å². The molecule has 3 nitrogen and oxygen atoms in total. The van der Waals surface area contributed by atoms with Crippen molar-refractivity contribution < 1.29 is 5.11 Å². The summed E-state index contributed by atoms with van der Waals surface area (Å²) < 4.78 is 0. The maximum atomic E-state index is 9.18. The Morgan fingerprint density at radius 3 is 2.76 bits per heavy atom. The molecule has 0 amide bonds. The second-order valence-corrected chi connectivity index (χ2v) is 5.38. The Labute approximate surface area is 102 Å². The molecule has 92 valence electrons. The van der Waals surface area contributed by atoms with Crippen molar-refractivity contribution in [2.45, 2.75) is 33.1 Å². The number of fused-ring (bicyclic) bond motifs is 1. The molecule has 1 heterocycles. The van der Waals surface area contributed by atoms with Crippen LogP contribution in [0.25, 0.3) is 11.0 Å². The monoisotopic (exact) mass is 232 g/mol. The number of imidazole rings is 1. The summed E-state index contributed by atoms with van der Waals surface area (Å²) in [4.78, 5) is 7.87. The third-order valence-electron chi connectivity index (χ3n) is 3.13. The lowest BCUT2D eigenvalue weighted by atomic mass is 9.88. The number of para-hydroxylation sites is 2. The SMILES string of the molecule is CC(C)(CO)CCCc1nc2ccccc2[nH]1. The first-order valence-corrected chi connectivity index (χ1v) is 6.15. The van der Waals surface area contributed by atoms with Crippen LogP contribution in [0.3, 0.4) is 0 Å². The van der Waals surface area contributed by atoms with E-state index in [1.54, 1.807) is 0 Å². The number of aryl methyl sites for hydroxylation is 1. The predicted molar refractivity (Wildman–Crippen MR) is 69.9 cm³/mol. The van der Waals surface area contributed by atoms with Crippen molar-refractivity contribution in [2.75, 3.05) is 6.61 Å². The van der Waals surface area contributed by atoms with Gasteiger partial charge < -0.3 is 10.1 Å². The summed E-state index contributed by atoms with van der Waals surface area (Å²) >= 11 is 0. The first-order valence-electron chi connectivity index (χ1n) is 6.15. The van der Waals surface area contributed by atoms with E-state index in [0.29, 0.717) is 0 Å². The highest BCUT2D eigenvalue weighted by Crippen LogP contribution is 2.22. The summed E-state index contributed by atoms with van der Waals surface area (Å²) in [5.74, 6) is 1.04. The number of H-pyrrole nitrogens is 1. The van der Waals surface area contributed by atoms with Crippen molar-refractivity contribution >= 4 is 11.0 Å².